The minimum absolute atomic E-state index is 0.00920. The number of nitrogens with one attached hydrogen (secondary N) is 1. The zero-order chi connectivity index (χ0) is 23.9. The minimum atomic E-state index is -0.260. The van der Waals surface area contributed by atoms with E-state index in [0.29, 0.717) is 60.5 Å². The highest BCUT2D eigenvalue weighted by Crippen LogP contribution is 2.31. The smallest absolute Gasteiger partial charge is 0.257 e. The van der Waals surface area contributed by atoms with Crippen LogP contribution in [-0.2, 0) is 13.0 Å². The number of ether oxygens (including phenoxy) is 2. The molecule has 0 fully saturated rings. The minimum Gasteiger partial charge on any atom is -0.490 e. The molecule has 4 rings (SSSR count). The van der Waals surface area contributed by atoms with Gasteiger partial charge in [-0.25, -0.2) is 4.98 Å². The van der Waals surface area contributed by atoms with Crippen LogP contribution in [-0.4, -0.2) is 41.5 Å². The quantitative estimate of drug-likeness (QED) is 0.428. The first-order valence-electron chi connectivity index (χ1n) is 11.6. The first-order chi connectivity index (χ1) is 16.6. The lowest BCUT2D eigenvalue weighted by Crippen LogP contribution is -2.35. The summed E-state index contributed by atoms with van der Waals surface area (Å²) in [6.45, 7) is 6.19. The van der Waals surface area contributed by atoms with Crippen LogP contribution >= 0.6 is 11.3 Å². The van der Waals surface area contributed by atoms with Gasteiger partial charge in [-0.2, -0.15) is 0 Å². The van der Waals surface area contributed by atoms with E-state index in [0.717, 1.165) is 23.4 Å². The molecule has 2 aromatic carbocycles. The molecule has 0 radical (unpaired) electrons. The van der Waals surface area contributed by atoms with Crippen LogP contribution in [0.2, 0.25) is 0 Å². The zero-order valence-corrected chi connectivity index (χ0v) is 20.3. The molecule has 0 saturated carbocycles. The number of anilines is 1. The summed E-state index contributed by atoms with van der Waals surface area (Å²) in [5.41, 5.74) is 2.09. The summed E-state index contributed by atoms with van der Waals surface area (Å²) < 4.78 is 11.5. The van der Waals surface area contributed by atoms with E-state index in [1.165, 1.54) is 11.3 Å². The van der Waals surface area contributed by atoms with E-state index in [9.17, 15) is 9.59 Å². The van der Waals surface area contributed by atoms with E-state index in [-0.39, 0.29) is 11.8 Å². The second-order valence-corrected chi connectivity index (χ2v) is 9.07. The van der Waals surface area contributed by atoms with Crippen molar-refractivity contribution in [2.75, 3.05) is 25.1 Å². The maximum Gasteiger partial charge on any atom is 0.257 e. The lowest BCUT2D eigenvalue weighted by molar-refractivity contribution is 0.0736. The number of hydrogen-bond donors (Lipinski definition) is 1. The monoisotopic (exact) mass is 479 g/mol. The van der Waals surface area contributed by atoms with E-state index in [4.69, 9.17) is 9.47 Å². The fourth-order valence-electron chi connectivity index (χ4n) is 3.72. The molecular formula is C26H29N3O4S. The van der Waals surface area contributed by atoms with Crippen molar-refractivity contribution in [2.24, 2.45) is 0 Å². The molecule has 8 heteroatoms. The van der Waals surface area contributed by atoms with Gasteiger partial charge >= 0.3 is 0 Å². The number of carbonyl (C=O) groups excluding carboxylic acids is 2. The molecule has 0 bridgehead atoms. The molecule has 0 unspecified atom stereocenters. The van der Waals surface area contributed by atoms with Gasteiger partial charge in [0.15, 0.2) is 16.6 Å². The number of hydrogen-bond acceptors (Lipinski definition) is 6. The first kappa shape index (κ1) is 23.8. The van der Waals surface area contributed by atoms with Crippen LogP contribution in [0, 0.1) is 0 Å². The molecule has 2 amide bonds. The average molecular weight is 480 g/mol. The molecule has 7 nitrogen and oxygen atoms in total. The third-order valence-electron chi connectivity index (χ3n) is 5.52. The summed E-state index contributed by atoms with van der Waals surface area (Å²) in [6.07, 6.45) is 2.66. The fraction of sp³-hybridized carbons (Fsp3) is 0.346. The van der Waals surface area contributed by atoms with Gasteiger partial charge in [0.25, 0.3) is 11.8 Å². The Hall–Kier alpha value is -3.39. The molecule has 0 aliphatic carbocycles. The molecule has 1 aliphatic heterocycles. The Morgan fingerprint density at radius 3 is 2.65 bits per heavy atom. The summed E-state index contributed by atoms with van der Waals surface area (Å²) in [4.78, 5) is 33.1. The fourth-order valence-corrected chi connectivity index (χ4v) is 4.74. The van der Waals surface area contributed by atoms with Gasteiger partial charge in [0.05, 0.1) is 25.5 Å². The van der Waals surface area contributed by atoms with Crippen molar-refractivity contribution in [2.45, 2.75) is 39.7 Å². The second-order valence-electron chi connectivity index (χ2n) is 7.98. The van der Waals surface area contributed by atoms with Crippen LogP contribution in [0.25, 0.3) is 0 Å². The van der Waals surface area contributed by atoms with E-state index in [2.05, 4.69) is 17.2 Å². The van der Waals surface area contributed by atoms with Crippen molar-refractivity contribution in [3.05, 3.63) is 70.2 Å². The number of unbranched alkanes of at least 4 members (excludes halogenated alkanes) is 1. The second kappa shape index (κ2) is 11.2. The third-order valence-corrected chi connectivity index (χ3v) is 6.52. The molecule has 2 heterocycles. The third kappa shape index (κ3) is 5.56. The number of rotatable bonds is 9. The number of nitrogens with zero attached hydrogens (tertiary/aromatic N) is 2. The van der Waals surface area contributed by atoms with Crippen molar-refractivity contribution in [1.82, 2.24) is 9.88 Å². The van der Waals surface area contributed by atoms with E-state index in [1.54, 1.807) is 18.2 Å². The normalized spacial score (nSPS) is 12.7. The van der Waals surface area contributed by atoms with Crippen molar-refractivity contribution in [1.29, 1.82) is 0 Å². The van der Waals surface area contributed by atoms with Crippen LogP contribution in [0.1, 0.15) is 58.0 Å². The molecule has 1 aliphatic rings. The van der Waals surface area contributed by atoms with Gasteiger partial charge in [0.2, 0.25) is 0 Å². The number of amides is 2. The van der Waals surface area contributed by atoms with Crippen LogP contribution in [0.3, 0.4) is 0 Å². The van der Waals surface area contributed by atoms with Gasteiger partial charge in [-0.15, -0.1) is 0 Å². The number of thiazole rings is 1. The van der Waals surface area contributed by atoms with Crippen molar-refractivity contribution in [3.8, 4) is 11.5 Å². The lowest BCUT2D eigenvalue weighted by Gasteiger charge is -2.26. The maximum atomic E-state index is 12.9. The first-order valence-corrected chi connectivity index (χ1v) is 12.4. The molecule has 3 aromatic rings. The Morgan fingerprint density at radius 2 is 1.88 bits per heavy atom. The van der Waals surface area contributed by atoms with Gasteiger partial charge in [-0.1, -0.05) is 42.9 Å². The molecule has 1 N–H and O–H groups in total. The average Bonchev–Trinajstić information content (AvgIpc) is 3.26. The number of fused-ring (bicyclic) bond motifs is 1. The molecule has 0 spiro atoms. The van der Waals surface area contributed by atoms with Gasteiger partial charge < -0.3 is 14.4 Å². The topological polar surface area (TPSA) is 80.8 Å². The van der Waals surface area contributed by atoms with Gasteiger partial charge in [0.1, 0.15) is 0 Å². The molecule has 0 saturated heterocycles. The Labute approximate surface area is 203 Å². The Morgan fingerprint density at radius 1 is 1.06 bits per heavy atom. The Balaban J connectivity index is 1.43. The van der Waals surface area contributed by atoms with Crippen molar-refractivity contribution in [3.63, 3.8) is 0 Å². The number of benzene rings is 2. The SMILES string of the molecule is CCCCOc1ccc(C(=O)Nc2nc3c(s2)CN(C(=O)c2ccccc2)CC3)cc1OCC. The van der Waals surface area contributed by atoms with Gasteiger partial charge in [0, 0.05) is 29.0 Å². The number of aromatic nitrogens is 1. The zero-order valence-electron chi connectivity index (χ0n) is 19.5. The summed E-state index contributed by atoms with van der Waals surface area (Å²) >= 11 is 1.41. The largest absolute Gasteiger partial charge is 0.490 e. The van der Waals surface area contributed by atoms with Gasteiger partial charge in [-0.3, -0.25) is 14.9 Å². The molecule has 178 valence electrons. The highest BCUT2D eigenvalue weighted by Gasteiger charge is 2.25. The number of carbonyl (C=O) groups is 2. The molecule has 0 atom stereocenters. The Kier molecular flexibility index (Phi) is 7.80. The maximum absolute atomic E-state index is 12.9. The summed E-state index contributed by atoms with van der Waals surface area (Å²) in [6, 6.07) is 14.5. The Bertz CT molecular complexity index is 1150. The predicted octanol–water partition coefficient (Wildman–Crippen LogP) is 5.17. The predicted molar refractivity (Wildman–Crippen MR) is 133 cm³/mol. The standard InChI is InChI=1S/C26H29N3O4S/c1-3-5-15-33-21-12-11-19(16-22(21)32-4-2)24(30)28-26-27-20-13-14-29(17-23(20)34-26)25(31)18-9-7-6-8-10-18/h6-12,16H,3-5,13-15,17H2,1-2H3,(H,27,28,30). The summed E-state index contributed by atoms with van der Waals surface area (Å²) in [7, 11) is 0. The van der Waals surface area contributed by atoms with Crippen LogP contribution in [0.5, 0.6) is 11.5 Å². The van der Waals surface area contributed by atoms with Crippen LogP contribution < -0.4 is 14.8 Å². The molecular weight excluding hydrogens is 450 g/mol. The molecule has 1 aromatic heterocycles. The van der Waals surface area contributed by atoms with Crippen molar-refractivity contribution >= 4 is 28.3 Å². The molecule has 34 heavy (non-hydrogen) atoms. The van der Waals surface area contributed by atoms with E-state index < -0.39 is 0 Å². The van der Waals surface area contributed by atoms with E-state index in [1.807, 2.05) is 42.2 Å². The van der Waals surface area contributed by atoms with Gasteiger partial charge in [-0.05, 0) is 43.7 Å². The van der Waals surface area contributed by atoms with Crippen molar-refractivity contribution < 1.29 is 19.1 Å². The summed E-state index contributed by atoms with van der Waals surface area (Å²) in [5.74, 6) is 0.943. The lowest BCUT2D eigenvalue weighted by atomic mass is 10.1. The summed E-state index contributed by atoms with van der Waals surface area (Å²) in [5, 5.41) is 3.43. The van der Waals surface area contributed by atoms with Crippen LogP contribution in [0.15, 0.2) is 48.5 Å². The highest BCUT2D eigenvalue weighted by atomic mass is 32.1. The van der Waals surface area contributed by atoms with Crippen LogP contribution in [0.4, 0.5) is 5.13 Å². The van der Waals surface area contributed by atoms with E-state index >= 15 is 0 Å². The highest BCUT2D eigenvalue weighted by molar-refractivity contribution is 7.15.